The van der Waals surface area contributed by atoms with E-state index < -0.39 is 0 Å². The Kier molecular flexibility index (Phi) is 8.11. The Morgan fingerprint density at radius 2 is 1.92 bits per heavy atom. The summed E-state index contributed by atoms with van der Waals surface area (Å²) >= 11 is 5.79. The Hall–Kier alpha value is -1.24. The lowest BCUT2D eigenvalue weighted by molar-refractivity contribution is 0.0367. The summed E-state index contributed by atoms with van der Waals surface area (Å²) in [7, 11) is 0. The van der Waals surface area contributed by atoms with Crippen molar-refractivity contribution in [3.8, 4) is 0 Å². The number of ether oxygens (including phenoxy) is 1. The van der Waals surface area contributed by atoms with E-state index in [-0.39, 0.29) is 0 Å². The van der Waals surface area contributed by atoms with E-state index in [0.29, 0.717) is 6.04 Å². The molecule has 0 aromatic carbocycles. The highest BCUT2D eigenvalue weighted by Gasteiger charge is 2.18. The first-order valence-electron chi connectivity index (χ1n) is 10.1. The minimum absolute atomic E-state index is 0.551. The Balaban J connectivity index is 1.52. The Morgan fingerprint density at radius 3 is 2.65 bits per heavy atom. The van der Waals surface area contributed by atoms with Crippen molar-refractivity contribution in [2.24, 2.45) is 0 Å². The molecule has 144 valence electrons. The highest BCUT2D eigenvalue weighted by atomic mass is 32.1. The molecule has 1 saturated heterocycles. The average Bonchev–Trinajstić information content (AvgIpc) is 2.69. The molecule has 5 nitrogen and oxygen atoms in total. The minimum atomic E-state index is 0.551. The zero-order chi connectivity index (χ0) is 18.0. The van der Waals surface area contributed by atoms with Gasteiger partial charge in [0, 0.05) is 51.2 Å². The van der Waals surface area contributed by atoms with Crippen LogP contribution < -0.4 is 5.32 Å². The number of hydrogen-bond donors (Lipinski definition) is 1. The van der Waals surface area contributed by atoms with Crippen molar-refractivity contribution in [2.75, 3.05) is 39.4 Å². The molecular weight excluding hydrogens is 344 g/mol. The lowest BCUT2D eigenvalue weighted by Crippen LogP contribution is -2.46. The Bertz CT molecular complexity index is 530. The molecule has 1 aromatic heterocycles. The molecule has 3 rings (SSSR count). The molecule has 1 N–H and O–H groups in total. The predicted octanol–water partition coefficient (Wildman–Crippen LogP) is 2.81. The molecule has 0 unspecified atom stereocenters. The second kappa shape index (κ2) is 10.8. The predicted molar refractivity (Wildman–Crippen MR) is 109 cm³/mol. The SMILES string of the molecule is S=C(NC1CCCCC1)N(CCCN1CCOCC1)Cc1ccncc1. The van der Waals surface area contributed by atoms with Crippen molar-refractivity contribution in [1.29, 1.82) is 0 Å². The molecule has 0 amide bonds. The highest BCUT2D eigenvalue weighted by Crippen LogP contribution is 2.18. The molecule has 0 atom stereocenters. The van der Waals surface area contributed by atoms with Crippen LogP contribution in [-0.2, 0) is 11.3 Å². The van der Waals surface area contributed by atoms with Gasteiger partial charge in [0.2, 0.25) is 0 Å². The van der Waals surface area contributed by atoms with E-state index in [1.807, 2.05) is 12.4 Å². The van der Waals surface area contributed by atoms with Crippen molar-refractivity contribution in [1.82, 2.24) is 20.1 Å². The number of nitrogens with zero attached hydrogens (tertiary/aromatic N) is 3. The number of nitrogens with one attached hydrogen (secondary N) is 1. The molecule has 1 aromatic rings. The van der Waals surface area contributed by atoms with Crippen LogP contribution in [-0.4, -0.2) is 65.3 Å². The maximum atomic E-state index is 5.79. The van der Waals surface area contributed by atoms with E-state index in [2.05, 4.69) is 32.2 Å². The van der Waals surface area contributed by atoms with Crippen LogP contribution in [0.2, 0.25) is 0 Å². The van der Waals surface area contributed by atoms with Gasteiger partial charge in [0.05, 0.1) is 13.2 Å². The molecule has 2 fully saturated rings. The summed E-state index contributed by atoms with van der Waals surface area (Å²) in [5.74, 6) is 0. The fraction of sp³-hybridized carbons (Fsp3) is 0.700. The van der Waals surface area contributed by atoms with Crippen LogP contribution in [0.3, 0.4) is 0 Å². The molecule has 2 aliphatic rings. The van der Waals surface area contributed by atoms with E-state index >= 15 is 0 Å². The summed E-state index contributed by atoms with van der Waals surface area (Å²) in [5.41, 5.74) is 1.26. The van der Waals surface area contributed by atoms with Gasteiger partial charge in [-0.05, 0) is 49.2 Å². The Labute approximate surface area is 163 Å². The molecule has 0 radical (unpaired) electrons. The number of aromatic nitrogens is 1. The third-order valence-corrected chi connectivity index (χ3v) is 5.72. The standard InChI is InChI=1S/C20H32N4OS/c26-20(22-19-5-2-1-3-6-19)24(17-18-7-9-21-10-8-18)12-4-11-23-13-15-25-16-14-23/h7-10,19H,1-6,11-17H2,(H,22,26). The van der Waals surface area contributed by atoms with E-state index in [4.69, 9.17) is 17.0 Å². The molecule has 2 heterocycles. The van der Waals surface area contributed by atoms with Crippen LogP contribution in [0.1, 0.15) is 44.1 Å². The van der Waals surface area contributed by atoms with Crippen molar-refractivity contribution in [2.45, 2.75) is 51.1 Å². The first-order chi connectivity index (χ1) is 12.8. The quantitative estimate of drug-likeness (QED) is 0.738. The number of rotatable bonds is 7. The van der Waals surface area contributed by atoms with Crippen LogP contribution in [0.25, 0.3) is 0 Å². The van der Waals surface area contributed by atoms with Crippen LogP contribution in [0.4, 0.5) is 0 Å². The van der Waals surface area contributed by atoms with Gasteiger partial charge in [-0.2, -0.15) is 0 Å². The summed E-state index contributed by atoms with van der Waals surface area (Å²) in [4.78, 5) is 8.95. The van der Waals surface area contributed by atoms with E-state index in [9.17, 15) is 0 Å². The van der Waals surface area contributed by atoms with Crippen LogP contribution in [0.15, 0.2) is 24.5 Å². The summed E-state index contributed by atoms with van der Waals surface area (Å²) in [6.45, 7) is 6.78. The minimum Gasteiger partial charge on any atom is -0.379 e. The zero-order valence-electron chi connectivity index (χ0n) is 15.7. The molecular formula is C20H32N4OS. The number of pyridine rings is 1. The number of morpholine rings is 1. The largest absolute Gasteiger partial charge is 0.379 e. The molecule has 1 saturated carbocycles. The lowest BCUT2D eigenvalue weighted by atomic mass is 9.96. The fourth-order valence-electron chi connectivity index (χ4n) is 3.78. The van der Waals surface area contributed by atoms with Gasteiger partial charge < -0.3 is 15.0 Å². The van der Waals surface area contributed by atoms with Gasteiger partial charge in [0.15, 0.2) is 5.11 Å². The normalized spacial score (nSPS) is 19.2. The first kappa shape index (κ1) is 19.5. The van der Waals surface area contributed by atoms with Gasteiger partial charge in [-0.15, -0.1) is 0 Å². The first-order valence-corrected chi connectivity index (χ1v) is 10.5. The third kappa shape index (κ3) is 6.49. The monoisotopic (exact) mass is 376 g/mol. The summed E-state index contributed by atoms with van der Waals surface area (Å²) in [6, 6.07) is 4.71. The maximum Gasteiger partial charge on any atom is 0.169 e. The smallest absolute Gasteiger partial charge is 0.169 e. The second-order valence-electron chi connectivity index (χ2n) is 7.37. The maximum absolute atomic E-state index is 5.79. The van der Waals surface area contributed by atoms with E-state index in [0.717, 1.165) is 57.5 Å². The average molecular weight is 377 g/mol. The Morgan fingerprint density at radius 1 is 1.19 bits per heavy atom. The van der Waals surface area contributed by atoms with E-state index in [1.54, 1.807) is 0 Å². The van der Waals surface area contributed by atoms with Crippen molar-refractivity contribution < 1.29 is 4.74 Å². The molecule has 26 heavy (non-hydrogen) atoms. The molecule has 0 spiro atoms. The third-order valence-electron chi connectivity index (χ3n) is 5.35. The van der Waals surface area contributed by atoms with E-state index in [1.165, 1.54) is 37.7 Å². The van der Waals surface area contributed by atoms with Crippen LogP contribution in [0, 0.1) is 0 Å². The van der Waals surface area contributed by atoms with Crippen molar-refractivity contribution >= 4 is 17.3 Å². The highest BCUT2D eigenvalue weighted by molar-refractivity contribution is 7.80. The lowest BCUT2D eigenvalue weighted by Gasteiger charge is -2.32. The van der Waals surface area contributed by atoms with Gasteiger partial charge in [-0.3, -0.25) is 9.88 Å². The topological polar surface area (TPSA) is 40.6 Å². The van der Waals surface area contributed by atoms with Crippen LogP contribution in [0.5, 0.6) is 0 Å². The summed E-state index contributed by atoms with van der Waals surface area (Å²) in [6.07, 6.45) is 11.3. The fourth-order valence-corrected chi connectivity index (χ4v) is 4.11. The van der Waals surface area contributed by atoms with Crippen molar-refractivity contribution in [3.05, 3.63) is 30.1 Å². The second-order valence-corrected chi connectivity index (χ2v) is 7.76. The molecule has 0 bridgehead atoms. The summed E-state index contributed by atoms with van der Waals surface area (Å²) < 4.78 is 5.44. The van der Waals surface area contributed by atoms with Gasteiger partial charge in [-0.25, -0.2) is 0 Å². The van der Waals surface area contributed by atoms with Gasteiger partial charge in [0.1, 0.15) is 0 Å². The molecule has 1 aliphatic heterocycles. The van der Waals surface area contributed by atoms with Crippen molar-refractivity contribution in [3.63, 3.8) is 0 Å². The van der Waals surface area contributed by atoms with Gasteiger partial charge >= 0.3 is 0 Å². The van der Waals surface area contributed by atoms with Gasteiger partial charge in [-0.1, -0.05) is 19.3 Å². The molecule has 6 heteroatoms. The van der Waals surface area contributed by atoms with Crippen LogP contribution >= 0.6 is 12.2 Å². The van der Waals surface area contributed by atoms with Gasteiger partial charge in [0.25, 0.3) is 0 Å². The number of thiocarbonyl (C=S) groups is 1. The summed E-state index contributed by atoms with van der Waals surface area (Å²) in [5, 5.41) is 4.55. The molecule has 1 aliphatic carbocycles. The number of hydrogen-bond acceptors (Lipinski definition) is 4. The zero-order valence-corrected chi connectivity index (χ0v) is 16.6.